The van der Waals surface area contributed by atoms with E-state index in [1.165, 1.54) is 27.8 Å². The fraction of sp³-hybridized carbons (Fsp3) is 0.552. The first-order valence-electron chi connectivity index (χ1n) is 12.6. The maximum Gasteiger partial charge on any atom is 0.311 e. The minimum absolute atomic E-state index is 0.120. The number of aryl methyl sites for hydroxylation is 3. The Kier molecular flexibility index (Phi) is 9.15. The van der Waals surface area contributed by atoms with Crippen LogP contribution < -0.4 is 4.74 Å². The second-order valence-corrected chi connectivity index (χ2v) is 10.1. The zero-order chi connectivity index (χ0) is 24.7. The summed E-state index contributed by atoms with van der Waals surface area (Å²) >= 11 is 0. The molecule has 0 saturated heterocycles. The molecule has 0 aliphatic carbocycles. The number of carbonyl (C=O) groups is 1. The summed E-state index contributed by atoms with van der Waals surface area (Å²) in [6, 6.07) is 11.5. The SMILES string of the molecule is COc1cc(C[C@@H]2c3cc(C)c(C)cc3CC[N+]2(C)CCC(=O)OCCCCCO)ccc1C. The third kappa shape index (κ3) is 6.39. The van der Waals surface area contributed by atoms with Crippen molar-refractivity contribution in [2.24, 2.45) is 0 Å². The second kappa shape index (κ2) is 11.9. The molecule has 0 aromatic heterocycles. The van der Waals surface area contributed by atoms with Crippen molar-refractivity contribution in [1.29, 1.82) is 0 Å². The number of esters is 1. The lowest BCUT2D eigenvalue weighted by molar-refractivity contribution is -0.940. The van der Waals surface area contributed by atoms with Crippen LogP contribution in [0.3, 0.4) is 0 Å². The number of fused-ring (bicyclic) bond motifs is 1. The van der Waals surface area contributed by atoms with E-state index >= 15 is 0 Å². The molecule has 1 heterocycles. The van der Waals surface area contributed by atoms with Gasteiger partial charge < -0.3 is 19.1 Å². The summed E-state index contributed by atoms with van der Waals surface area (Å²) in [6.07, 6.45) is 4.80. The quantitative estimate of drug-likeness (QED) is 0.286. The van der Waals surface area contributed by atoms with Gasteiger partial charge in [-0.1, -0.05) is 18.2 Å². The molecule has 1 aliphatic heterocycles. The van der Waals surface area contributed by atoms with Gasteiger partial charge in [0.2, 0.25) is 0 Å². The number of rotatable bonds is 11. The zero-order valence-corrected chi connectivity index (χ0v) is 21.7. The standard InChI is InChI=1S/C29H42NO4/c1-21-9-10-24(20-28(21)33-5)19-27-26-18-23(3)22(2)17-25(26)11-13-30(27,4)14-12-29(32)34-16-8-6-7-15-31/h9-10,17-18,20,27,31H,6-8,11-16,19H2,1-5H3/q+1/t27-,30?/m1/s1. The number of hydrogen-bond acceptors (Lipinski definition) is 4. The second-order valence-electron chi connectivity index (χ2n) is 10.1. The summed E-state index contributed by atoms with van der Waals surface area (Å²) in [5.74, 6) is 0.803. The molecule has 2 aromatic carbocycles. The van der Waals surface area contributed by atoms with Gasteiger partial charge in [0.25, 0.3) is 0 Å². The van der Waals surface area contributed by atoms with E-state index in [4.69, 9.17) is 14.6 Å². The number of ether oxygens (including phenoxy) is 2. The molecule has 2 atom stereocenters. The number of aliphatic hydroxyl groups excluding tert-OH is 1. The molecular weight excluding hydrogens is 426 g/mol. The molecule has 0 amide bonds. The molecule has 1 N–H and O–H groups in total. The van der Waals surface area contributed by atoms with E-state index < -0.39 is 0 Å². The first-order chi connectivity index (χ1) is 16.3. The highest BCUT2D eigenvalue weighted by Gasteiger charge is 2.39. The van der Waals surface area contributed by atoms with Gasteiger partial charge in [-0.3, -0.25) is 4.79 Å². The van der Waals surface area contributed by atoms with Crippen molar-refractivity contribution in [3.63, 3.8) is 0 Å². The van der Waals surface area contributed by atoms with E-state index in [0.717, 1.165) is 61.0 Å². The number of aliphatic hydroxyl groups is 1. The Morgan fingerprint density at radius 1 is 1.06 bits per heavy atom. The molecular formula is C29H42NO4+. The number of nitrogens with zero attached hydrogens (tertiary/aromatic N) is 1. The van der Waals surface area contributed by atoms with E-state index in [1.54, 1.807) is 7.11 Å². The third-order valence-corrected chi connectivity index (χ3v) is 7.55. The maximum absolute atomic E-state index is 12.5. The van der Waals surface area contributed by atoms with Gasteiger partial charge in [-0.25, -0.2) is 0 Å². The number of carbonyl (C=O) groups excluding carboxylic acids is 1. The van der Waals surface area contributed by atoms with Crippen LogP contribution in [-0.4, -0.2) is 56.0 Å². The van der Waals surface area contributed by atoms with Gasteiger partial charge in [0.05, 0.1) is 40.3 Å². The van der Waals surface area contributed by atoms with Crippen LogP contribution in [0.2, 0.25) is 0 Å². The Morgan fingerprint density at radius 3 is 2.56 bits per heavy atom. The summed E-state index contributed by atoms with van der Waals surface area (Å²) < 4.78 is 11.9. The molecule has 34 heavy (non-hydrogen) atoms. The predicted molar refractivity (Wildman–Crippen MR) is 136 cm³/mol. The normalized spacial score (nSPS) is 19.5. The Balaban J connectivity index is 1.80. The Labute approximate surface area is 205 Å². The number of unbranched alkanes of at least 4 members (excludes halogenated alkanes) is 2. The lowest BCUT2D eigenvalue weighted by atomic mass is 9.84. The highest BCUT2D eigenvalue weighted by Crippen LogP contribution is 2.39. The van der Waals surface area contributed by atoms with Crippen LogP contribution >= 0.6 is 0 Å². The fourth-order valence-corrected chi connectivity index (χ4v) is 5.10. The number of quaternary nitrogens is 1. The Bertz CT molecular complexity index is 986. The minimum atomic E-state index is -0.120. The van der Waals surface area contributed by atoms with E-state index in [1.807, 2.05) is 0 Å². The summed E-state index contributed by atoms with van der Waals surface area (Å²) in [5.41, 5.74) is 7.91. The average Bonchev–Trinajstić information content (AvgIpc) is 2.82. The van der Waals surface area contributed by atoms with Gasteiger partial charge in [0.1, 0.15) is 11.8 Å². The Hall–Kier alpha value is -2.37. The van der Waals surface area contributed by atoms with E-state index in [-0.39, 0.29) is 18.6 Å². The monoisotopic (exact) mass is 468 g/mol. The molecule has 0 fully saturated rings. The molecule has 5 nitrogen and oxygen atoms in total. The molecule has 186 valence electrons. The van der Waals surface area contributed by atoms with Gasteiger partial charge in [0, 0.05) is 25.0 Å². The molecule has 1 unspecified atom stereocenters. The van der Waals surface area contributed by atoms with Gasteiger partial charge >= 0.3 is 5.97 Å². The lowest BCUT2D eigenvalue weighted by Crippen LogP contribution is -2.53. The van der Waals surface area contributed by atoms with Crippen molar-refractivity contribution in [2.75, 3.05) is 40.5 Å². The molecule has 0 saturated carbocycles. The maximum atomic E-state index is 12.5. The van der Waals surface area contributed by atoms with Crippen molar-refractivity contribution in [2.45, 2.75) is 65.3 Å². The highest BCUT2D eigenvalue weighted by atomic mass is 16.5. The summed E-state index contributed by atoms with van der Waals surface area (Å²) in [4.78, 5) is 12.5. The number of benzene rings is 2. The molecule has 3 rings (SSSR count). The zero-order valence-electron chi connectivity index (χ0n) is 21.7. The van der Waals surface area contributed by atoms with Crippen molar-refractivity contribution in [1.82, 2.24) is 0 Å². The van der Waals surface area contributed by atoms with Crippen molar-refractivity contribution in [3.8, 4) is 5.75 Å². The van der Waals surface area contributed by atoms with Crippen LogP contribution in [0.5, 0.6) is 5.75 Å². The van der Waals surface area contributed by atoms with Crippen molar-refractivity contribution in [3.05, 3.63) is 63.7 Å². The van der Waals surface area contributed by atoms with Crippen LogP contribution in [0.1, 0.15) is 65.1 Å². The smallest absolute Gasteiger partial charge is 0.311 e. The van der Waals surface area contributed by atoms with Gasteiger partial charge in [-0.2, -0.15) is 0 Å². The van der Waals surface area contributed by atoms with Gasteiger partial charge in [0.15, 0.2) is 0 Å². The summed E-state index contributed by atoms with van der Waals surface area (Å²) in [6.45, 7) is 8.85. The fourth-order valence-electron chi connectivity index (χ4n) is 5.10. The van der Waals surface area contributed by atoms with Gasteiger partial charge in [-0.05, 0) is 80.0 Å². The van der Waals surface area contributed by atoms with E-state index in [0.29, 0.717) is 13.0 Å². The number of likely N-dealkylation sites (N-methyl/N-ethyl adjacent to an activating group) is 1. The first kappa shape index (κ1) is 26.2. The highest BCUT2D eigenvalue weighted by molar-refractivity contribution is 5.69. The van der Waals surface area contributed by atoms with Crippen LogP contribution in [0, 0.1) is 20.8 Å². The van der Waals surface area contributed by atoms with Crippen LogP contribution in [-0.2, 0) is 22.4 Å². The average molecular weight is 469 g/mol. The minimum Gasteiger partial charge on any atom is -0.496 e. The molecule has 2 aromatic rings. The van der Waals surface area contributed by atoms with Crippen molar-refractivity contribution < 1.29 is 23.9 Å². The molecule has 0 bridgehead atoms. The lowest BCUT2D eigenvalue weighted by Gasteiger charge is -2.46. The largest absolute Gasteiger partial charge is 0.496 e. The molecule has 1 aliphatic rings. The summed E-state index contributed by atoms with van der Waals surface area (Å²) in [7, 11) is 4.02. The summed E-state index contributed by atoms with van der Waals surface area (Å²) in [5, 5.41) is 8.89. The van der Waals surface area contributed by atoms with Crippen LogP contribution in [0.25, 0.3) is 0 Å². The van der Waals surface area contributed by atoms with Crippen molar-refractivity contribution >= 4 is 5.97 Å². The third-order valence-electron chi connectivity index (χ3n) is 7.55. The predicted octanol–water partition coefficient (Wildman–Crippen LogP) is 5.00. The number of hydrogen-bond donors (Lipinski definition) is 1. The first-order valence-corrected chi connectivity index (χ1v) is 12.6. The van der Waals surface area contributed by atoms with E-state index in [2.05, 4.69) is 58.2 Å². The number of methoxy groups -OCH3 is 1. The Morgan fingerprint density at radius 2 is 1.82 bits per heavy atom. The van der Waals surface area contributed by atoms with E-state index in [9.17, 15) is 4.79 Å². The molecule has 5 heteroatoms. The topological polar surface area (TPSA) is 55.8 Å². The molecule has 0 spiro atoms. The van der Waals surface area contributed by atoms with Gasteiger partial charge in [-0.15, -0.1) is 0 Å². The molecule has 0 radical (unpaired) electrons. The van der Waals surface area contributed by atoms with Crippen LogP contribution in [0.4, 0.5) is 0 Å². The van der Waals surface area contributed by atoms with Crippen LogP contribution in [0.15, 0.2) is 30.3 Å².